The number of aromatic nitrogens is 2. The average Bonchev–Trinajstić information content (AvgIpc) is 2.41. The van der Waals surface area contributed by atoms with E-state index in [1.54, 1.807) is 6.20 Å². The van der Waals surface area contributed by atoms with E-state index >= 15 is 0 Å². The number of aryl methyl sites for hydroxylation is 1. The molecule has 0 spiro atoms. The number of hydrogen-bond donors (Lipinski definition) is 1. The molecular weight excluding hydrogens is 241 g/mol. The Bertz CT molecular complexity index is 525. The van der Waals surface area contributed by atoms with E-state index in [1.807, 2.05) is 25.1 Å². The first kappa shape index (κ1) is 13.6. The molecule has 1 heterocycles. The molecule has 0 bridgehead atoms. The van der Waals surface area contributed by atoms with Crippen LogP contribution in [0.1, 0.15) is 30.0 Å². The second kappa shape index (κ2) is 6.38. The fourth-order valence-electron chi connectivity index (χ4n) is 2.05. The molecule has 0 fully saturated rings. The van der Waals surface area contributed by atoms with Crippen molar-refractivity contribution in [1.82, 2.24) is 15.3 Å². The van der Waals surface area contributed by atoms with Gasteiger partial charge in [-0.25, -0.2) is 14.4 Å². The maximum absolute atomic E-state index is 12.9. The highest BCUT2D eigenvalue weighted by atomic mass is 19.1. The number of nitrogens with zero attached hydrogens (tertiary/aromatic N) is 2. The van der Waals surface area contributed by atoms with E-state index in [0.717, 1.165) is 30.0 Å². The van der Waals surface area contributed by atoms with E-state index in [0.29, 0.717) is 0 Å². The fourth-order valence-corrected chi connectivity index (χ4v) is 2.05. The maximum Gasteiger partial charge on any atom is 0.125 e. The normalized spacial score (nSPS) is 12.4. The van der Waals surface area contributed by atoms with Crippen LogP contribution >= 0.6 is 0 Å². The lowest BCUT2D eigenvalue weighted by Crippen LogP contribution is -2.24. The minimum Gasteiger partial charge on any atom is -0.309 e. The Labute approximate surface area is 112 Å². The number of hydrogen-bond acceptors (Lipinski definition) is 3. The van der Waals surface area contributed by atoms with Crippen molar-refractivity contribution in [2.24, 2.45) is 0 Å². The van der Waals surface area contributed by atoms with Gasteiger partial charge in [0.05, 0.1) is 11.7 Å². The van der Waals surface area contributed by atoms with Gasteiger partial charge in [0.2, 0.25) is 0 Å². The minimum atomic E-state index is -0.207. The largest absolute Gasteiger partial charge is 0.309 e. The van der Waals surface area contributed by atoms with Gasteiger partial charge in [-0.05, 0) is 43.7 Å². The number of benzene rings is 1. The van der Waals surface area contributed by atoms with Gasteiger partial charge in [0.25, 0.3) is 0 Å². The van der Waals surface area contributed by atoms with Crippen molar-refractivity contribution in [2.45, 2.75) is 26.3 Å². The smallest absolute Gasteiger partial charge is 0.125 e. The van der Waals surface area contributed by atoms with Gasteiger partial charge in [-0.3, -0.25) is 0 Å². The molecule has 0 saturated heterocycles. The Balaban J connectivity index is 2.18. The van der Waals surface area contributed by atoms with E-state index < -0.39 is 0 Å². The monoisotopic (exact) mass is 259 g/mol. The second-order valence-corrected chi connectivity index (χ2v) is 4.47. The molecule has 19 heavy (non-hydrogen) atoms. The van der Waals surface area contributed by atoms with E-state index in [-0.39, 0.29) is 11.9 Å². The number of likely N-dealkylation sites (N-methyl/N-ethyl adjacent to an activating group) is 1. The van der Waals surface area contributed by atoms with Gasteiger partial charge in [0.15, 0.2) is 0 Å². The van der Waals surface area contributed by atoms with Crippen LogP contribution in [0.2, 0.25) is 0 Å². The Kier molecular flexibility index (Phi) is 4.58. The van der Waals surface area contributed by atoms with Crippen LogP contribution in [0, 0.1) is 12.7 Å². The first-order chi connectivity index (χ1) is 9.19. The van der Waals surface area contributed by atoms with Crippen molar-refractivity contribution in [2.75, 3.05) is 6.54 Å². The SMILES string of the molecule is CCNC(Cc1ccc(F)cc1)c1ccnc(C)n1. The zero-order valence-electron chi connectivity index (χ0n) is 11.2. The van der Waals surface area contributed by atoms with Crippen LogP contribution in [-0.2, 0) is 6.42 Å². The first-order valence-corrected chi connectivity index (χ1v) is 6.46. The first-order valence-electron chi connectivity index (χ1n) is 6.46. The summed E-state index contributed by atoms with van der Waals surface area (Å²) in [5.74, 6) is 0.557. The molecule has 100 valence electrons. The van der Waals surface area contributed by atoms with Gasteiger partial charge < -0.3 is 5.32 Å². The van der Waals surface area contributed by atoms with Gasteiger partial charge in [-0.1, -0.05) is 19.1 Å². The summed E-state index contributed by atoms with van der Waals surface area (Å²) in [6.45, 7) is 4.80. The van der Waals surface area contributed by atoms with Crippen molar-refractivity contribution in [3.05, 3.63) is 59.4 Å². The summed E-state index contributed by atoms with van der Waals surface area (Å²) in [6.07, 6.45) is 2.55. The summed E-state index contributed by atoms with van der Waals surface area (Å²) in [4.78, 5) is 8.57. The van der Waals surface area contributed by atoms with Crippen LogP contribution in [0.4, 0.5) is 4.39 Å². The van der Waals surface area contributed by atoms with Crippen LogP contribution in [0.15, 0.2) is 36.5 Å². The van der Waals surface area contributed by atoms with E-state index in [2.05, 4.69) is 22.2 Å². The highest BCUT2D eigenvalue weighted by molar-refractivity contribution is 5.20. The quantitative estimate of drug-likeness (QED) is 0.897. The zero-order chi connectivity index (χ0) is 13.7. The molecule has 2 rings (SSSR count). The summed E-state index contributed by atoms with van der Waals surface area (Å²) < 4.78 is 12.9. The fraction of sp³-hybridized carbons (Fsp3) is 0.333. The van der Waals surface area contributed by atoms with Crippen molar-refractivity contribution in [3.63, 3.8) is 0 Å². The number of halogens is 1. The number of nitrogens with one attached hydrogen (secondary N) is 1. The van der Waals surface area contributed by atoms with Crippen LogP contribution in [0.3, 0.4) is 0 Å². The Hall–Kier alpha value is -1.81. The van der Waals surface area contributed by atoms with Gasteiger partial charge in [-0.15, -0.1) is 0 Å². The average molecular weight is 259 g/mol. The summed E-state index contributed by atoms with van der Waals surface area (Å²) in [5, 5.41) is 3.41. The molecule has 0 aliphatic heterocycles. The molecule has 0 amide bonds. The third-order valence-corrected chi connectivity index (χ3v) is 2.96. The lowest BCUT2D eigenvalue weighted by Gasteiger charge is -2.17. The molecule has 0 radical (unpaired) electrons. The van der Waals surface area contributed by atoms with E-state index in [4.69, 9.17) is 0 Å². The Morgan fingerprint density at radius 1 is 1.21 bits per heavy atom. The lowest BCUT2D eigenvalue weighted by atomic mass is 10.0. The molecular formula is C15H18FN3. The predicted octanol–water partition coefficient (Wildman–Crippen LogP) is 2.82. The van der Waals surface area contributed by atoms with Gasteiger partial charge >= 0.3 is 0 Å². The molecule has 1 unspecified atom stereocenters. The van der Waals surface area contributed by atoms with Crippen molar-refractivity contribution >= 4 is 0 Å². The third kappa shape index (κ3) is 3.83. The molecule has 0 saturated carbocycles. The number of rotatable bonds is 5. The summed E-state index contributed by atoms with van der Waals surface area (Å²) in [6, 6.07) is 8.65. The highest BCUT2D eigenvalue weighted by Crippen LogP contribution is 2.16. The van der Waals surface area contributed by atoms with Crippen LogP contribution in [-0.4, -0.2) is 16.5 Å². The van der Waals surface area contributed by atoms with Gasteiger partial charge in [0, 0.05) is 6.20 Å². The zero-order valence-corrected chi connectivity index (χ0v) is 11.2. The van der Waals surface area contributed by atoms with Crippen molar-refractivity contribution in [3.8, 4) is 0 Å². The molecule has 4 heteroatoms. The molecule has 1 aromatic heterocycles. The molecule has 1 N–H and O–H groups in total. The lowest BCUT2D eigenvalue weighted by molar-refractivity contribution is 0.533. The van der Waals surface area contributed by atoms with Gasteiger partial charge in [0.1, 0.15) is 11.6 Å². The van der Waals surface area contributed by atoms with Crippen molar-refractivity contribution in [1.29, 1.82) is 0 Å². The van der Waals surface area contributed by atoms with Crippen molar-refractivity contribution < 1.29 is 4.39 Å². The molecule has 3 nitrogen and oxygen atoms in total. The third-order valence-electron chi connectivity index (χ3n) is 2.96. The summed E-state index contributed by atoms with van der Waals surface area (Å²) in [5.41, 5.74) is 2.06. The highest BCUT2D eigenvalue weighted by Gasteiger charge is 2.13. The summed E-state index contributed by atoms with van der Waals surface area (Å²) >= 11 is 0. The Morgan fingerprint density at radius 2 is 1.95 bits per heavy atom. The van der Waals surface area contributed by atoms with Crippen LogP contribution in [0.25, 0.3) is 0 Å². The van der Waals surface area contributed by atoms with E-state index in [9.17, 15) is 4.39 Å². The Morgan fingerprint density at radius 3 is 2.58 bits per heavy atom. The predicted molar refractivity (Wildman–Crippen MR) is 73.3 cm³/mol. The van der Waals surface area contributed by atoms with Crippen LogP contribution in [0.5, 0.6) is 0 Å². The molecule has 0 aliphatic rings. The topological polar surface area (TPSA) is 37.8 Å². The minimum absolute atomic E-state index is 0.122. The molecule has 1 atom stereocenters. The second-order valence-electron chi connectivity index (χ2n) is 4.47. The summed E-state index contributed by atoms with van der Waals surface area (Å²) in [7, 11) is 0. The standard InChI is InChI=1S/C15H18FN3/c1-3-17-15(14-8-9-18-11(2)19-14)10-12-4-6-13(16)7-5-12/h4-9,15,17H,3,10H2,1-2H3. The molecule has 1 aromatic carbocycles. The van der Waals surface area contributed by atoms with E-state index in [1.165, 1.54) is 12.1 Å². The molecule has 2 aromatic rings. The molecule has 0 aliphatic carbocycles. The van der Waals surface area contributed by atoms with Crippen LogP contribution < -0.4 is 5.32 Å². The van der Waals surface area contributed by atoms with Gasteiger partial charge in [-0.2, -0.15) is 0 Å². The maximum atomic E-state index is 12.9.